The third-order valence-electron chi connectivity index (χ3n) is 5.11. The number of carbonyl (C=O) groups is 1. The van der Waals surface area contributed by atoms with Crippen molar-refractivity contribution >= 4 is 34.7 Å². The Morgan fingerprint density at radius 2 is 1.28 bits per heavy atom. The molecule has 158 valence electrons. The van der Waals surface area contributed by atoms with Gasteiger partial charge in [-0.15, -0.1) is 0 Å². The molecular formula is C28H23ClN2O. The molecule has 0 spiro atoms. The molecule has 0 atom stereocenters. The Bertz CT molecular complexity index is 1250. The van der Waals surface area contributed by atoms with Crippen molar-refractivity contribution in [2.24, 2.45) is 4.99 Å². The molecule has 0 aliphatic rings. The van der Waals surface area contributed by atoms with Crippen LogP contribution in [-0.2, 0) is 0 Å². The van der Waals surface area contributed by atoms with Crippen LogP contribution < -0.4 is 4.90 Å². The summed E-state index contributed by atoms with van der Waals surface area (Å²) in [5.41, 5.74) is 4.95. The number of anilines is 1. The summed E-state index contributed by atoms with van der Waals surface area (Å²) in [5, 5.41) is 0.524. The summed E-state index contributed by atoms with van der Waals surface area (Å²) in [6, 6.07) is 32.4. The van der Waals surface area contributed by atoms with Gasteiger partial charge in [-0.3, -0.25) is 9.69 Å². The van der Waals surface area contributed by atoms with Crippen molar-refractivity contribution in [1.82, 2.24) is 0 Å². The van der Waals surface area contributed by atoms with Crippen LogP contribution in [0.25, 0.3) is 0 Å². The Labute approximate surface area is 193 Å². The predicted molar refractivity (Wildman–Crippen MR) is 133 cm³/mol. The maximum Gasteiger partial charge on any atom is 0.264 e. The lowest BCUT2D eigenvalue weighted by Gasteiger charge is -2.26. The molecule has 4 heteroatoms. The number of benzene rings is 4. The van der Waals surface area contributed by atoms with E-state index in [0.717, 1.165) is 22.5 Å². The molecule has 0 aliphatic heterocycles. The predicted octanol–water partition coefficient (Wildman–Crippen LogP) is 7.38. The molecule has 0 heterocycles. The fourth-order valence-electron chi connectivity index (χ4n) is 3.35. The first-order valence-electron chi connectivity index (χ1n) is 10.4. The monoisotopic (exact) mass is 438 g/mol. The highest BCUT2D eigenvalue weighted by Gasteiger charge is 2.26. The number of hydrogen-bond donors (Lipinski definition) is 0. The van der Waals surface area contributed by atoms with E-state index in [0.29, 0.717) is 22.0 Å². The summed E-state index contributed by atoms with van der Waals surface area (Å²) in [7, 11) is 0. The molecule has 0 saturated carbocycles. The second-order valence-corrected chi connectivity index (χ2v) is 8.00. The Balaban J connectivity index is 1.95. The second-order valence-electron chi connectivity index (χ2n) is 7.59. The van der Waals surface area contributed by atoms with Gasteiger partial charge in [-0.25, -0.2) is 4.99 Å². The van der Waals surface area contributed by atoms with E-state index in [2.05, 4.69) is 0 Å². The van der Waals surface area contributed by atoms with Gasteiger partial charge in [-0.1, -0.05) is 77.3 Å². The van der Waals surface area contributed by atoms with Crippen LogP contribution in [0.4, 0.5) is 11.4 Å². The van der Waals surface area contributed by atoms with Crippen molar-refractivity contribution in [3.63, 3.8) is 0 Å². The summed E-state index contributed by atoms with van der Waals surface area (Å²) in [4.78, 5) is 20.4. The first kappa shape index (κ1) is 21.5. The fourth-order valence-corrected chi connectivity index (χ4v) is 3.57. The largest absolute Gasteiger partial charge is 0.268 e. The van der Waals surface area contributed by atoms with Crippen LogP contribution in [0.2, 0.25) is 5.02 Å². The van der Waals surface area contributed by atoms with E-state index in [1.54, 1.807) is 17.0 Å². The number of amides is 1. The fraction of sp³-hybridized carbons (Fsp3) is 0.0714. The normalized spacial score (nSPS) is 11.3. The molecule has 0 saturated heterocycles. The summed E-state index contributed by atoms with van der Waals surface area (Å²) >= 11 is 6.60. The van der Waals surface area contributed by atoms with Crippen LogP contribution in [0.15, 0.2) is 108 Å². The standard InChI is InChI=1S/C28H23ClN2O/c1-20-12-16-23(17-13-20)30-27(25-10-6-7-11-26(25)29)31(24-18-14-21(2)15-19-24)28(32)22-8-4-3-5-9-22/h3-19H,1-2H3. The molecule has 4 aromatic rings. The van der Waals surface area contributed by atoms with Gasteiger partial charge in [0.15, 0.2) is 0 Å². The van der Waals surface area contributed by atoms with Gasteiger partial charge in [0.2, 0.25) is 0 Å². The van der Waals surface area contributed by atoms with Crippen molar-refractivity contribution in [1.29, 1.82) is 0 Å². The van der Waals surface area contributed by atoms with Crippen LogP contribution in [0.1, 0.15) is 27.0 Å². The van der Waals surface area contributed by atoms with E-state index >= 15 is 0 Å². The highest BCUT2D eigenvalue weighted by molar-refractivity contribution is 6.37. The summed E-state index contributed by atoms with van der Waals surface area (Å²) in [6.07, 6.45) is 0. The number of nitrogens with zero attached hydrogens (tertiary/aromatic N) is 2. The Morgan fingerprint density at radius 1 is 0.719 bits per heavy atom. The minimum Gasteiger partial charge on any atom is -0.268 e. The number of aryl methyl sites for hydroxylation is 2. The van der Waals surface area contributed by atoms with Gasteiger partial charge in [-0.2, -0.15) is 0 Å². The maximum atomic E-state index is 13.8. The minimum atomic E-state index is -0.180. The molecule has 0 aromatic heterocycles. The topological polar surface area (TPSA) is 32.7 Å². The van der Waals surface area contributed by atoms with Crippen molar-refractivity contribution in [3.05, 3.63) is 130 Å². The highest BCUT2D eigenvalue weighted by Crippen LogP contribution is 2.27. The zero-order valence-electron chi connectivity index (χ0n) is 18.0. The third kappa shape index (κ3) is 4.79. The van der Waals surface area contributed by atoms with Crippen LogP contribution in [0.3, 0.4) is 0 Å². The summed E-state index contributed by atoms with van der Waals surface area (Å²) < 4.78 is 0. The van der Waals surface area contributed by atoms with Crippen LogP contribution in [-0.4, -0.2) is 11.7 Å². The maximum absolute atomic E-state index is 13.8. The molecule has 0 bridgehead atoms. The number of amidine groups is 1. The number of hydrogen-bond acceptors (Lipinski definition) is 2. The molecule has 0 unspecified atom stereocenters. The number of carbonyl (C=O) groups excluding carboxylic acids is 1. The van der Waals surface area contributed by atoms with Gasteiger partial charge >= 0.3 is 0 Å². The van der Waals surface area contributed by atoms with E-state index < -0.39 is 0 Å². The quantitative estimate of drug-likeness (QED) is 0.241. The van der Waals surface area contributed by atoms with Crippen LogP contribution in [0.5, 0.6) is 0 Å². The summed E-state index contributed by atoms with van der Waals surface area (Å²) in [5.74, 6) is 0.289. The Kier molecular flexibility index (Phi) is 6.48. The van der Waals surface area contributed by atoms with Crippen molar-refractivity contribution in [2.75, 3.05) is 4.90 Å². The molecule has 4 rings (SSSR count). The van der Waals surface area contributed by atoms with Crippen molar-refractivity contribution in [3.8, 4) is 0 Å². The molecule has 0 radical (unpaired) electrons. The number of aliphatic imine (C=N–C) groups is 1. The average Bonchev–Trinajstić information content (AvgIpc) is 2.82. The van der Waals surface area contributed by atoms with Gasteiger partial charge in [-0.05, 0) is 62.4 Å². The van der Waals surface area contributed by atoms with Gasteiger partial charge in [0.05, 0.1) is 16.4 Å². The molecule has 32 heavy (non-hydrogen) atoms. The van der Waals surface area contributed by atoms with Crippen LogP contribution in [0, 0.1) is 13.8 Å². The van der Waals surface area contributed by atoms with Gasteiger partial charge in [0.1, 0.15) is 5.84 Å². The first-order chi connectivity index (χ1) is 15.5. The average molecular weight is 439 g/mol. The van der Waals surface area contributed by atoms with Crippen molar-refractivity contribution in [2.45, 2.75) is 13.8 Å². The first-order valence-corrected chi connectivity index (χ1v) is 10.8. The molecule has 4 aromatic carbocycles. The number of rotatable bonds is 4. The molecule has 0 N–H and O–H groups in total. The Hall–Kier alpha value is -3.69. The smallest absolute Gasteiger partial charge is 0.264 e. The third-order valence-corrected chi connectivity index (χ3v) is 5.44. The highest BCUT2D eigenvalue weighted by atomic mass is 35.5. The minimum absolute atomic E-state index is 0.180. The number of halogens is 1. The van der Waals surface area contributed by atoms with Crippen LogP contribution >= 0.6 is 11.6 Å². The molecular weight excluding hydrogens is 416 g/mol. The second kappa shape index (κ2) is 9.63. The summed E-state index contributed by atoms with van der Waals surface area (Å²) in [6.45, 7) is 4.04. The van der Waals surface area contributed by atoms with E-state index in [9.17, 15) is 4.79 Å². The van der Waals surface area contributed by atoms with Crippen molar-refractivity contribution < 1.29 is 4.79 Å². The SMILES string of the molecule is Cc1ccc(N=C(c2ccccc2Cl)N(C(=O)c2ccccc2)c2ccc(C)cc2)cc1. The molecule has 1 amide bonds. The van der Waals surface area contributed by atoms with E-state index in [1.165, 1.54) is 0 Å². The lowest BCUT2D eigenvalue weighted by Crippen LogP contribution is -2.38. The molecule has 3 nitrogen and oxygen atoms in total. The van der Waals surface area contributed by atoms with E-state index in [-0.39, 0.29) is 5.91 Å². The zero-order chi connectivity index (χ0) is 22.5. The van der Waals surface area contributed by atoms with Gasteiger partial charge < -0.3 is 0 Å². The molecule has 0 fully saturated rings. The lowest BCUT2D eigenvalue weighted by atomic mass is 10.1. The zero-order valence-corrected chi connectivity index (χ0v) is 18.8. The lowest BCUT2D eigenvalue weighted by molar-refractivity contribution is 0.100. The van der Waals surface area contributed by atoms with Gasteiger partial charge in [0, 0.05) is 11.1 Å². The van der Waals surface area contributed by atoms with E-state index in [4.69, 9.17) is 16.6 Å². The van der Waals surface area contributed by atoms with E-state index in [1.807, 2.05) is 105 Å². The molecule has 0 aliphatic carbocycles. The Morgan fingerprint density at radius 3 is 1.91 bits per heavy atom. The van der Waals surface area contributed by atoms with Gasteiger partial charge in [0.25, 0.3) is 5.91 Å².